The van der Waals surface area contributed by atoms with E-state index < -0.39 is 5.54 Å². The van der Waals surface area contributed by atoms with E-state index in [1.54, 1.807) is 12.1 Å². The van der Waals surface area contributed by atoms with Crippen LogP contribution in [0.25, 0.3) is 0 Å². The Morgan fingerprint density at radius 3 is 2.46 bits per heavy atom. The molecule has 2 fully saturated rings. The molecule has 0 bridgehead atoms. The molecule has 1 aliphatic heterocycles. The van der Waals surface area contributed by atoms with E-state index in [1.165, 1.54) is 4.90 Å². The minimum atomic E-state index is -0.621. The average molecular weight is 329 g/mol. The van der Waals surface area contributed by atoms with E-state index >= 15 is 0 Å². The number of amides is 1. The lowest BCUT2D eigenvalue weighted by Crippen LogP contribution is -3.16. The van der Waals surface area contributed by atoms with Gasteiger partial charge in [-0.25, -0.2) is 0 Å². The van der Waals surface area contributed by atoms with Crippen LogP contribution in [0.3, 0.4) is 0 Å². The first-order chi connectivity index (χ1) is 11.6. The van der Waals surface area contributed by atoms with Crippen molar-refractivity contribution in [1.29, 1.82) is 5.26 Å². The Kier molecular flexibility index (Phi) is 4.91. The van der Waals surface area contributed by atoms with Crippen molar-refractivity contribution in [2.75, 3.05) is 37.6 Å². The summed E-state index contributed by atoms with van der Waals surface area (Å²) in [4.78, 5) is 15.8. The summed E-state index contributed by atoms with van der Waals surface area (Å²) in [7, 11) is 0. The molecule has 0 atom stereocenters. The quantitative estimate of drug-likeness (QED) is 0.729. The van der Waals surface area contributed by atoms with Crippen LogP contribution < -0.4 is 15.1 Å². The zero-order valence-electron chi connectivity index (χ0n) is 13.9. The third kappa shape index (κ3) is 3.80. The highest BCUT2D eigenvalue weighted by molar-refractivity contribution is 5.78. The number of anilines is 1. The van der Waals surface area contributed by atoms with Crippen LogP contribution in [0.15, 0.2) is 24.3 Å². The standard InChI is InChI=1S/C18H24N4O2/c19-14-18(7-1-2-8-18)20-17(24)13-21-9-11-22(12-10-21)15-3-5-16(23)6-4-15/h3-6,23H,1-2,7-13H2,(H,20,24)/p+1. The molecular weight excluding hydrogens is 304 g/mol. The fraction of sp³-hybridized carbons (Fsp3) is 0.556. The summed E-state index contributed by atoms with van der Waals surface area (Å²) in [5.41, 5.74) is 0.482. The maximum Gasteiger partial charge on any atom is 0.276 e. The van der Waals surface area contributed by atoms with Gasteiger partial charge in [0.1, 0.15) is 11.3 Å². The Hall–Kier alpha value is -2.26. The van der Waals surface area contributed by atoms with Gasteiger partial charge in [0.05, 0.1) is 32.2 Å². The minimum Gasteiger partial charge on any atom is -0.508 e. The highest BCUT2D eigenvalue weighted by Gasteiger charge is 2.36. The van der Waals surface area contributed by atoms with E-state index in [1.807, 2.05) is 12.1 Å². The summed E-state index contributed by atoms with van der Waals surface area (Å²) in [6.07, 6.45) is 3.59. The number of hydrogen-bond donors (Lipinski definition) is 3. The van der Waals surface area contributed by atoms with Gasteiger partial charge in [0.25, 0.3) is 5.91 Å². The van der Waals surface area contributed by atoms with Gasteiger partial charge in [0.15, 0.2) is 6.54 Å². The molecule has 1 saturated carbocycles. The van der Waals surface area contributed by atoms with Crippen molar-refractivity contribution in [3.63, 3.8) is 0 Å². The summed E-state index contributed by atoms with van der Waals surface area (Å²) in [6, 6.07) is 9.55. The Labute approximate surface area is 142 Å². The van der Waals surface area contributed by atoms with Crippen molar-refractivity contribution in [2.24, 2.45) is 0 Å². The maximum atomic E-state index is 12.3. The molecule has 6 nitrogen and oxygen atoms in total. The molecule has 3 rings (SSSR count). The van der Waals surface area contributed by atoms with Crippen LogP contribution in [0, 0.1) is 11.3 Å². The first kappa shape index (κ1) is 16.6. The van der Waals surface area contributed by atoms with Gasteiger partial charge in [-0.15, -0.1) is 0 Å². The maximum absolute atomic E-state index is 12.3. The number of rotatable bonds is 4. The fourth-order valence-electron chi connectivity index (χ4n) is 3.70. The first-order valence-corrected chi connectivity index (χ1v) is 8.70. The second-order valence-corrected chi connectivity index (χ2v) is 6.88. The number of piperazine rings is 1. The number of aromatic hydroxyl groups is 1. The van der Waals surface area contributed by atoms with Crippen molar-refractivity contribution >= 4 is 11.6 Å². The summed E-state index contributed by atoms with van der Waals surface area (Å²) in [5.74, 6) is 0.268. The predicted octanol–water partition coefficient (Wildman–Crippen LogP) is 0.0497. The highest BCUT2D eigenvalue weighted by Crippen LogP contribution is 2.28. The summed E-state index contributed by atoms with van der Waals surface area (Å²) in [5, 5.41) is 21.7. The Morgan fingerprint density at radius 1 is 1.25 bits per heavy atom. The molecule has 2 aliphatic rings. The van der Waals surface area contributed by atoms with E-state index in [9.17, 15) is 15.2 Å². The number of carbonyl (C=O) groups is 1. The van der Waals surface area contributed by atoms with Gasteiger partial charge in [-0.1, -0.05) is 0 Å². The van der Waals surface area contributed by atoms with E-state index in [0.29, 0.717) is 6.54 Å². The van der Waals surface area contributed by atoms with Gasteiger partial charge >= 0.3 is 0 Å². The molecule has 1 aromatic rings. The first-order valence-electron chi connectivity index (χ1n) is 8.70. The monoisotopic (exact) mass is 329 g/mol. The van der Waals surface area contributed by atoms with Crippen molar-refractivity contribution in [3.8, 4) is 11.8 Å². The van der Waals surface area contributed by atoms with Gasteiger partial charge in [-0.3, -0.25) is 4.79 Å². The number of hydrogen-bond acceptors (Lipinski definition) is 4. The molecule has 24 heavy (non-hydrogen) atoms. The highest BCUT2D eigenvalue weighted by atomic mass is 16.3. The van der Waals surface area contributed by atoms with E-state index in [4.69, 9.17) is 0 Å². The lowest BCUT2D eigenvalue weighted by atomic mass is 10.00. The van der Waals surface area contributed by atoms with Gasteiger partial charge in [0.2, 0.25) is 0 Å². The Morgan fingerprint density at radius 2 is 1.88 bits per heavy atom. The summed E-state index contributed by atoms with van der Waals surface area (Å²) < 4.78 is 0. The molecule has 128 valence electrons. The van der Waals surface area contributed by atoms with E-state index in [0.717, 1.165) is 57.5 Å². The predicted molar refractivity (Wildman–Crippen MR) is 90.8 cm³/mol. The molecular formula is C18H25N4O2+. The normalized spacial score (nSPS) is 20.5. The Bertz CT molecular complexity index is 609. The van der Waals surface area contributed by atoms with E-state index in [-0.39, 0.29) is 11.7 Å². The molecule has 0 unspecified atom stereocenters. The second-order valence-electron chi connectivity index (χ2n) is 6.88. The van der Waals surface area contributed by atoms with Crippen LogP contribution in [-0.2, 0) is 4.79 Å². The van der Waals surface area contributed by atoms with Gasteiger partial charge < -0.3 is 20.2 Å². The molecule has 1 amide bonds. The van der Waals surface area contributed by atoms with Crippen LogP contribution in [0.2, 0.25) is 0 Å². The van der Waals surface area contributed by atoms with Crippen molar-refractivity contribution in [2.45, 2.75) is 31.2 Å². The van der Waals surface area contributed by atoms with Crippen molar-refractivity contribution in [1.82, 2.24) is 5.32 Å². The number of nitrogens with zero attached hydrogens (tertiary/aromatic N) is 2. The number of nitriles is 1. The Balaban J connectivity index is 1.47. The molecule has 0 spiro atoms. The minimum absolute atomic E-state index is 0.00784. The zero-order valence-corrected chi connectivity index (χ0v) is 13.9. The smallest absolute Gasteiger partial charge is 0.276 e. The molecule has 1 aliphatic carbocycles. The number of phenolic OH excluding ortho intramolecular Hbond substituents is 1. The van der Waals surface area contributed by atoms with Gasteiger partial charge in [-0.2, -0.15) is 5.26 Å². The third-order valence-electron chi connectivity index (χ3n) is 5.15. The number of benzene rings is 1. The lowest BCUT2D eigenvalue weighted by molar-refractivity contribution is -0.892. The zero-order chi connectivity index (χ0) is 17.0. The third-order valence-corrected chi connectivity index (χ3v) is 5.15. The largest absolute Gasteiger partial charge is 0.508 e. The molecule has 1 saturated heterocycles. The number of carbonyl (C=O) groups excluding carboxylic acids is 1. The van der Waals surface area contributed by atoms with Crippen molar-refractivity contribution in [3.05, 3.63) is 24.3 Å². The molecule has 0 aromatic heterocycles. The average Bonchev–Trinajstić information content (AvgIpc) is 3.05. The summed E-state index contributed by atoms with van der Waals surface area (Å²) in [6.45, 7) is 4.00. The van der Waals surface area contributed by atoms with Crippen LogP contribution in [0.5, 0.6) is 5.75 Å². The van der Waals surface area contributed by atoms with Crippen LogP contribution in [0.1, 0.15) is 25.7 Å². The summed E-state index contributed by atoms with van der Waals surface area (Å²) >= 11 is 0. The molecule has 3 N–H and O–H groups in total. The SMILES string of the molecule is N#CC1(NC(=O)C[NH+]2CCN(c3ccc(O)cc3)CC2)CCCC1. The van der Waals surface area contributed by atoms with Crippen LogP contribution in [0.4, 0.5) is 5.69 Å². The molecule has 1 aromatic carbocycles. The molecule has 6 heteroatoms. The van der Waals surface area contributed by atoms with Gasteiger partial charge in [0, 0.05) is 5.69 Å². The number of nitrogens with one attached hydrogen (secondary N) is 2. The molecule has 0 radical (unpaired) electrons. The lowest BCUT2D eigenvalue weighted by Gasteiger charge is -2.33. The topological polar surface area (TPSA) is 80.8 Å². The van der Waals surface area contributed by atoms with Crippen molar-refractivity contribution < 1.29 is 14.8 Å². The second kappa shape index (κ2) is 7.10. The van der Waals surface area contributed by atoms with Crippen LogP contribution >= 0.6 is 0 Å². The van der Waals surface area contributed by atoms with E-state index in [2.05, 4.69) is 16.3 Å². The fourth-order valence-corrected chi connectivity index (χ4v) is 3.70. The van der Waals surface area contributed by atoms with Crippen LogP contribution in [-0.4, -0.2) is 49.3 Å². The number of phenols is 1. The van der Waals surface area contributed by atoms with Gasteiger partial charge in [-0.05, 0) is 49.9 Å². The molecule has 1 heterocycles. The number of quaternary nitrogens is 1.